The van der Waals surface area contributed by atoms with E-state index in [0.717, 1.165) is 0 Å². The summed E-state index contributed by atoms with van der Waals surface area (Å²) in [6.07, 6.45) is 1.32. The minimum absolute atomic E-state index is 0.0231. The van der Waals surface area contributed by atoms with E-state index < -0.39 is 17.7 Å². The van der Waals surface area contributed by atoms with Gasteiger partial charge in [-0.05, 0) is 54.6 Å². The van der Waals surface area contributed by atoms with E-state index >= 15 is 0 Å². The van der Waals surface area contributed by atoms with E-state index in [2.05, 4.69) is 9.73 Å². The molecule has 0 fully saturated rings. The number of nitriles is 1. The number of halogens is 1. The zero-order valence-electron chi connectivity index (χ0n) is 19.6. The highest BCUT2D eigenvalue weighted by atomic mass is 19.1. The normalized spacial score (nSPS) is 9.43. The second kappa shape index (κ2) is 13.4. The van der Waals surface area contributed by atoms with E-state index in [1.54, 1.807) is 37.4 Å². The number of methoxy groups -OCH3 is 1. The van der Waals surface area contributed by atoms with Gasteiger partial charge in [0.25, 0.3) is 5.91 Å². The number of carbonyl (C=O) groups excluding carboxylic acids is 1. The van der Waals surface area contributed by atoms with Gasteiger partial charge in [0.1, 0.15) is 17.6 Å². The molecule has 1 heterocycles. The van der Waals surface area contributed by atoms with Gasteiger partial charge in [0, 0.05) is 17.4 Å². The van der Waals surface area contributed by atoms with Gasteiger partial charge in [0.2, 0.25) is 5.76 Å². The Hall–Kier alpha value is -5.50. The van der Waals surface area contributed by atoms with Crippen LogP contribution in [0.3, 0.4) is 0 Å². The summed E-state index contributed by atoms with van der Waals surface area (Å²) in [5.41, 5.74) is 18.7. The van der Waals surface area contributed by atoms with E-state index in [-0.39, 0.29) is 16.9 Å². The number of hydrogen-bond donors (Lipinski definition) is 5. The molecule has 0 aliphatic rings. The average Bonchev–Trinajstić information content (AvgIpc) is 3.43. The number of hydrogen-bond acceptors (Lipinski definition) is 8. The fourth-order valence-corrected chi connectivity index (χ4v) is 2.73. The third kappa shape index (κ3) is 8.34. The highest BCUT2D eigenvalue weighted by Gasteiger charge is 2.13. The lowest BCUT2D eigenvalue weighted by Gasteiger charge is -2.08. The Morgan fingerprint density at radius 1 is 1.00 bits per heavy atom. The highest BCUT2D eigenvalue weighted by molar-refractivity contribution is 6.05. The van der Waals surface area contributed by atoms with Crippen molar-refractivity contribution in [1.29, 1.82) is 5.26 Å². The maximum atomic E-state index is 13.4. The molecule has 0 atom stereocenters. The molecule has 0 aliphatic carbocycles. The van der Waals surface area contributed by atoms with Crippen LogP contribution in [0.5, 0.6) is 5.75 Å². The van der Waals surface area contributed by atoms with Gasteiger partial charge in [-0.2, -0.15) is 5.26 Å². The predicted molar refractivity (Wildman–Crippen MR) is 137 cm³/mol. The van der Waals surface area contributed by atoms with Gasteiger partial charge in [0.05, 0.1) is 35.9 Å². The van der Waals surface area contributed by atoms with Crippen LogP contribution in [0.4, 0.5) is 27.1 Å². The third-order valence-electron chi connectivity index (χ3n) is 4.52. The van der Waals surface area contributed by atoms with Crippen LogP contribution in [0.15, 0.2) is 83.5 Å². The Labute approximate surface area is 211 Å². The number of nitrogens with zero attached hydrogens (tertiary/aromatic N) is 1. The van der Waals surface area contributed by atoms with Crippen LogP contribution >= 0.6 is 0 Å². The van der Waals surface area contributed by atoms with Crippen LogP contribution in [0.1, 0.15) is 26.5 Å². The predicted octanol–water partition coefficient (Wildman–Crippen LogP) is 4.37. The minimum atomic E-state index is -1.03. The molecule has 0 saturated heterocycles. The first kappa shape index (κ1) is 27.7. The highest BCUT2D eigenvalue weighted by Crippen LogP contribution is 2.23. The maximum Gasteiger partial charge on any atom is 0.371 e. The molecule has 1 aromatic heterocycles. The van der Waals surface area contributed by atoms with Crippen molar-refractivity contribution < 1.29 is 28.2 Å². The molecule has 190 valence electrons. The van der Waals surface area contributed by atoms with Crippen molar-refractivity contribution in [3.8, 4) is 11.8 Å². The third-order valence-corrected chi connectivity index (χ3v) is 4.52. The standard InChI is InChI=1S/C14H10FN3O.C7H10N2O.C5H4O3/c15-12-4-2-1-3-11(12)14(19)18-13-6-5-10(17)7-9(13)8-16;1-10-7-4-5(8)2-3-6(7)9;6-5(7)4-2-1-3-8-4/h1-7H,17H2,(H,18,19);2-4H,8-9H2,1H3;1-3H,(H,6,7). The van der Waals surface area contributed by atoms with Gasteiger partial charge in [-0.1, -0.05) is 12.1 Å². The molecule has 4 rings (SSSR count). The summed E-state index contributed by atoms with van der Waals surface area (Å²) in [6.45, 7) is 0. The Bertz CT molecular complexity index is 1400. The minimum Gasteiger partial charge on any atom is -0.495 e. The summed E-state index contributed by atoms with van der Waals surface area (Å²) < 4.78 is 22.9. The molecule has 0 saturated carbocycles. The van der Waals surface area contributed by atoms with E-state index in [9.17, 15) is 14.0 Å². The van der Waals surface area contributed by atoms with Crippen molar-refractivity contribution in [1.82, 2.24) is 0 Å². The second-order valence-electron chi connectivity index (χ2n) is 7.13. The van der Waals surface area contributed by atoms with Crippen molar-refractivity contribution >= 4 is 34.6 Å². The number of amides is 1. The Morgan fingerprint density at radius 3 is 2.22 bits per heavy atom. The topological polar surface area (TPSA) is 191 Å². The van der Waals surface area contributed by atoms with Gasteiger partial charge in [-0.15, -0.1) is 0 Å². The number of carboxylic acid groups (broad SMARTS) is 1. The number of carbonyl (C=O) groups is 2. The van der Waals surface area contributed by atoms with Gasteiger partial charge in [-0.25, -0.2) is 9.18 Å². The molecule has 4 aromatic rings. The van der Waals surface area contributed by atoms with E-state index in [0.29, 0.717) is 28.5 Å². The van der Waals surface area contributed by atoms with Crippen molar-refractivity contribution in [2.24, 2.45) is 0 Å². The van der Waals surface area contributed by atoms with Gasteiger partial charge < -0.3 is 36.8 Å². The number of anilines is 4. The molecule has 37 heavy (non-hydrogen) atoms. The molecule has 0 bridgehead atoms. The van der Waals surface area contributed by atoms with Crippen LogP contribution in [-0.4, -0.2) is 24.1 Å². The molecule has 0 spiro atoms. The smallest absolute Gasteiger partial charge is 0.371 e. The fourth-order valence-electron chi connectivity index (χ4n) is 2.73. The number of ether oxygens (including phenoxy) is 1. The van der Waals surface area contributed by atoms with Crippen LogP contribution in [0.25, 0.3) is 0 Å². The van der Waals surface area contributed by atoms with Crippen molar-refractivity contribution in [2.75, 3.05) is 29.6 Å². The van der Waals surface area contributed by atoms with Gasteiger partial charge >= 0.3 is 5.97 Å². The van der Waals surface area contributed by atoms with Gasteiger partial charge in [-0.3, -0.25) is 4.79 Å². The molecule has 3 aromatic carbocycles. The fraction of sp³-hybridized carbons (Fsp3) is 0.0385. The quantitative estimate of drug-likeness (QED) is 0.251. The molecule has 0 aliphatic heterocycles. The number of rotatable bonds is 4. The maximum absolute atomic E-state index is 13.4. The molecule has 0 unspecified atom stereocenters. The number of furan rings is 1. The number of benzene rings is 3. The zero-order valence-corrected chi connectivity index (χ0v) is 19.6. The SMILES string of the molecule is COc1cc(N)ccc1N.N#Cc1cc(N)ccc1NC(=O)c1ccccc1F.O=C(O)c1ccco1. The summed E-state index contributed by atoms with van der Waals surface area (Å²) in [7, 11) is 1.56. The lowest BCUT2D eigenvalue weighted by Crippen LogP contribution is -2.14. The van der Waals surface area contributed by atoms with E-state index in [4.69, 9.17) is 32.3 Å². The van der Waals surface area contributed by atoms with E-state index in [1.807, 2.05) is 6.07 Å². The Morgan fingerprint density at radius 2 is 1.68 bits per heavy atom. The molecule has 10 nitrogen and oxygen atoms in total. The summed E-state index contributed by atoms with van der Waals surface area (Å²) in [4.78, 5) is 21.9. The molecule has 8 N–H and O–H groups in total. The molecular formula is C26H24FN5O5. The summed E-state index contributed by atoms with van der Waals surface area (Å²) >= 11 is 0. The Kier molecular flexibility index (Phi) is 10.0. The van der Waals surface area contributed by atoms with Crippen LogP contribution < -0.4 is 27.3 Å². The van der Waals surface area contributed by atoms with Crippen LogP contribution in [-0.2, 0) is 0 Å². The molecule has 0 radical (unpaired) electrons. The molecule has 1 amide bonds. The van der Waals surface area contributed by atoms with Crippen LogP contribution in [0, 0.1) is 17.1 Å². The zero-order chi connectivity index (χ0) is 27.4. The first-order chi connectivity index (χ1) is 17.7. The van der Waals surface area contributed by atoms with Gasteiger partial charge in [0.15, 0.2) is 0 Å². The van der Waals surface area contributed by atoms with Crippen molar-refractivity contribution in [3.05, 3.63) is 102 Å². The first-order valence-electron chi connectivity index (χ1n) is 10.5. The van der Waals surface area contributed by atoms with Crippen LogP contribution in [0.2, 0.25) is 0 Å². The number of aromatic carboxylic acids is 1. The number of nitrogens with one attached hydrogen (secondary N) is 1. The van der Waals surface area contributed by atoms with Crippen molar-refractivity contribution in [3.63, 3.8) is 0 Å². The lowest BCUT2D eigenvalue weighted by molar-refractivity contribution is 0.0662. The Balaban J connectivity index is 0.000000223. The first-order valence-corrected chi connectivity index (χ1v) is 10.5. The number of nitrogen functional groups attached to an aromatic ring is 3. The largest absolute Gasteiger partial charge is 0.495 e. The number of carboxylic acids is 1. The monoisotopic (exact) mass is 505 g/mol. The molecule has 11 heteroatoms. The average molecular weight is 506 g/mol. The summed E-state index contributed by atoms with van der Waals surface area (Å²) in [5, 5.41) is 19.6. The van der Waals surface area contributed by atoms with Crippen molar-refractivity contribution in [2.45, 2.75) is 0 Å². The molecular weight excluding hydrogens is 481 g/mol. The summed E-state index contributed by atoms with van der Waals surface area (Å²) in [5.74, 6) is -1.66. The lowest BCUT2D eigenvalue weighted by atomic mass is 10.1. The van der Waals surface area contributed by atoms with E-state index in [1.165, 1.54) is 48.7 Å². The second-order valence-corrected chi connectivity index (χ2v) is 7.13. The number of nitrogens with two attached hydrogens (primary N) is 3. The summed E-state index contributed by atoms with van der Waals surface area (Å²) in [6, 6.07) is 20.1.